The Morgan fingerprint density at radius 2 is 1.81 bits per heavy atom. The third-order valence-corrected chi connectivity index (χ3v) is 2.94. The number of anilines is 1. The maximum atomic E-state index is 5.59. The monoisotopic (exact) mass is 278 g/mol. The van der Waals surface area contributed by atoms with E-state index in [1.165, 1.54) is 0 Å². The number of rotatable bonds is 2. The number of nitrogens with two attached hydrogens (primary N) is 1. The first-order valence-corrected chi connectivity index (χ1v) is 5.61. The van der Waals surface area contributed by atoms with Crippen molar-refractivity contribution in [3.63, 3.8) is 0 Å². The third kappa shape index (κ3) is 2.52. The highest BCUT2D eigenvalue weighted by atomic mass is 79.9. The number of pyridine rings is 1. The molecule has 0 aliphatic heterocycles. The maximum Gasteiger partial charge on any atom is 0.219 e. The molecule has 0 aliphatic rings. The van der Waals surface area contributed by atoms with Crippen LogP contribution in [0.3, 0.4) is 0 Å². The molecule has 2 N–H and O–H groups in total. The minimum Gasteiger partial charge on any atom is -0.439 e. The van der Waals surface area contributed by atoms with Crippen molar-refractivity contribution in [1.29, 1.82) is 0 Å². The molecule has 0 unspecified atom stereocenters. The minimum atomic E-state index is 0.575. The molecular formula is C12H11BrN2O. The van der Waals surface area contributed by atoms with Crippen LogP contribution in [0.2, 0.25) is 0 Å². The molecule has 1 heterocycles. The number of aromatic nitrogens is 1. The van der Waals surface area contributed by atoms with Gasteiger partial charge < -0.3 is 10.5 Å². The zero-order valence-electron chi connectivity index (χ0n) is 8.77. The maximum absolute atomic E-state index is 5.59. The van der Waals surface area contributed by atoms with Crippen molar-refractivity contribution >= 4 is 21.6 Å². The molecule has 2 rings (SSSR count). The van der Waals surface area contributed by atoms with E-state index in [4.69, 9.17) is 10.5 Å². The second-order valence-electron chi connectivity index (χ2n) is 3.39. The first-order chi connectivity index (χ1) is 7.65. The van der Waals surface area contributed by atoms with E-state index in [1.807, 2.05) is 31.2 Å². The molecule has 0 bridgehead atoms. The van der Waals surface area contributed by atoms with Gasteiger partial charge >= 0.3 is 0 Å². The van der Waals surface area contributed by atoms with Crippen molar-refractivity contribution in [1.82, 2.24) is 4.98 Å². The first kappa shape index (κ1) is 11.0. The Bertz CT molecular complexity index is 497. The lowest BCUT2D eigenvalue weighted by molar-refractivity contribution is 0.461. The van der Waals surface area contributed by atoms with Gasteiger partial charge in [0.1, 0.15) is 5.75 Å². The van der Waals surface area contributed by atoms with E-state index in [1.54, 1.807) is 12.1 Å². The highest BCUT2D eigenvalue weighted by Gasteiger charge is 2.01. The molecule has 2 aromatic rings. The number of hydrogen-bond acceptors (Lipinski definition) is 3. The molecule has 82 valence electrons. The fourth-order valence-corrected chi connectivity index (χ4v) is 1.46. The Morgan fingerprint density at radius 1 is 1.12 bits per heavy atom. The molecule has 4 heteroatoms. The van der Waals surface area contributed by atoms with Crippen molar-refractivity contribution < 1.29 is 4.74 Å². The summed E-state index contributed by atoms with van der Waals surface area (Å²) >= 11 is 3.39. The summed E-state index contributed by atoms with van der Waals surface area (Å²) in [5.74, 6) is 1.30. The molecule has 16 heavy (non-hydrogen) atoms. The van der Waals surface area contributed by atoms with Crippen LogP contribution in [0.5, 0.6) is 11.6 Å². The van der Waals surface area contributed by atoms with Gasteiger partial charge in [-0.15, -0.1) is 0 Å². The largest absolute Gasteiger partial charge is 0.439 e. The lowest BCUT2D eigenvalue weighted by Gasteiger charge is -2.06. The van der Waals surface area contributed by atoms with Crippen molar-refractivity contribution in [3.8, 4) is 11.6 Å². The van der Waals surface area contributed by atoms with Gasteiger partial charge in [-0.2, -0.15) is 0 Å². The molecule has 0 spiro atoms. The van der Waals surface area contributed by atoms with Gasteiger partial charge in [0.15, 0.2) is 0 Å². The van der Waals surface area contributed by atoms with Crippen LogP contribution in [0.25, 0.3) is 0 Å². The minimum absolute atomic E-state index is 0.575. The van der Waals surface area contributed by atoms with Gasteiger partial charge in [-0.3, -0.25) is 0 Å². The van der Waals surface area contributed by atoms with Crippen LogP contribution in [-0.2, 0) is 0 Å². The quantitative estimate of drug-likeness (QED) is 0.855. The average Bonchev–Trinajstić information content (AvgIpc) is 2.27. The smallest absolute Gasteiger partial charge is 0.219 e. The van der Waals surface area contributed by atoms with Gasteiger partial charge in [-0.1, -0.05) is 0 Å². The number of hydrogen-bond donors (Lipinski definition) is 1. The highest BCUT2D eigenvalue weighted by Crippen LogP contribution is 2.23. The zero-order chi connectivity index (χ0) is 11.5. The van der Waals surface area contributed by atoms with Crippen LogP contribution in [0.1, 0.15) is 5.69 Å². The Hall–Kier alpha value is -1.55. The van der Waals surface area contributed by atoms with Crippen LogP contribution >= 0.6 is 15.9 Å². The molecule has 0 amide bonds. The number of benzene rings is 1. The fraction of sp³-hybridized carbons (Fsp3) is 0.0833. The molecule has 0 fully saturated rings. The summed E-state index contributed by atoms with van der Waals surface area (Å²) in [7, 11) is 0. The summed E-state index contributed by atoms with van der Waals surface area (Å²) in [5, 5.41) is 0. The van der Waals surface area contributed by atoms with E-state index in [2.05, 4.69) is 20.9 Å². The fourth-order valence-electron chi connectivity index (χ4n) is 1.23. The van der Waals surface area contributed by atoms with Crippen molar-refractivity contribution in [3.05, 3.63) is 46.6 Å². The van der Waals surface area contributed by atoms with E-state index >= 15 is 0 Å². The van der Waals surface area contributed by atoms with Crippen molar-refractivity contribution in [2.45, 2.75) is 6.92 Å². The third-order valence-electron chi connectivity index (χ3n) is 2.10. The second kappa shape index (κ2) is 4.53. The van der Waals surface area contributed by atoms with Crippen LogP contribution in [0.4, 0.5) is 5.69 Å². The molecular weight excluding hydrogens is 268 g/mol. The number of nitrogen functional groups attached to an aromatic ring is 1. The Labute approximate surface area is 102 Å². The summed E-state index contributed by atoms with van der Waals surface area (Å²) < 4.78 is 6.55. The predicted molar refractivity (Wildman–Crippen MR) is 67.6 cm³/mol. The average molecular weight is 279 g/mol. The van der Waals surface area contributed by atoms with Crippen LogP contribution in [0.15, 0.2) is 40.9 Å². The molecule has 0 atom stereocenters. The highest BCUT2D eigenvalue weighted by molar-refractivity contribution is 9.10. The predicted octanol–water partition coefficient (Wildman–Crippen LogP) is 3.53. The Balaban J connectivity index is 2.20. The molecule has 0 aliphatic carbocycles. The molecule has 3 nitrogen and oxygen atoms in total. The number of ether oxygens (including phenoxy) is 1. The summed E-state index contributed by atoms with van der Waals surface area (Å²) in [6, 6.07) is 10.9. The summed E-state index contributed by atoms with van der Waals surface area (Å²) in [6.45, 7) is 1.92. The summed E-state index contributed by atoms with van der Waals surface area (Å²) in [5.41, 5.74) is 7.20. The molecule has 1 aromatic carbocycles. The molecule has 1 aromatic heterocycles. The van der Waals surface area contributed by atoms with Crippen LogP contribution < -0.4 is 10.5 Å². The lowest BCUT2D eigenvalue weighted by atomic mass is 10.3. The van der Waals surface area contributed by atoms with E-state index in [9.17, 15) is 0 Å². The van der Waals surface area contributed by atoms with E-state index in [0.717, 1.165) is 15.9 Å². The van der Waals surface area contributed by atoms with Gasteiger partial charge in [0, 0.05) is 16.2 Å². The van der Waals surface area contributed by atoms with Gasteiger partial charge in [-0.25, -0.2) is 4.98 Å². The zero-order valence-corrected chi connectivity index (χ0v) is 10.4. The van der Waals surface area contributed by atoms with E-state index in [0.29, 0.717) is 11.6 Å². The number of aryl methyl sites for hydroxylation is 1. The topological polar surface area (TPSA) is 48.1 Å². The Morgan fingerprint density at radius 3 is 2.44 bits per heavy atom. The number of halogens is 1. The Kier molecular flexibility index (Phi) is 3.10. The number of nitrogens with zero attached hydrogens (tertiary/aromatic N) is 1. The van der Waals surface area contributed by atoms with E-state index < -0.39 is 0 Å². The van der Waals surface area contributed by atoms with Crippen molar-refractivity contribution in [2.75, 3.05) is 5.73 Å². The normalized spacial score (nSPS) is 10.1. The van der Waals surface area contributed by atoms with E-state index in [-0.39, 0.29) is 0 Å². The molecule has 0 saturated heterocycles. The van der Waals surface area contributed by atoms with Gasteiger partial charge in [-0.05, 0) is 53.2 Å². The lowest BCUT2D eigenvalue weighted by Crippen LogP contribution is -1.91. The molecule has 0 radical (unpaired) electrons. The van der Waals surface area contributed by atoms with Crippen molar-refractivity contribution in [2.24, 2.45) is 0 Å². The van der Waals surface area contributed by atoms with Gasteiger partial charge in [0.2, 0.25) is 5.88 Å². The molecule has 0 saturated carbocycles. The summed E-state index contributed by atoms with van der Waals surface area (Å²) in [4.78, 5) is 4.29. The second-order valence-corrected chi connectivity index (χ2v) is 4.24. The summed E-state index contributed by atoms with van der Waals surface area (Å²) in [6.07, 6.45) is 0. The standard InChI is InChI=1S/C12H11BrN2O/c1-8-11(13)6-7-12(15-8)16-10-4-2-9(14)3-5-10/h2-7H,14H2,1H3. The van der Waals surface area contributed by atoms with Crippen LogP contribution in [0, 0.1) is 6.92 Å². The van der Waals surface area contributed by atoms with Crippen LogP contribution in [-0.4, -0.2) is 4.98 Å². The SMILES string of the molecule is Cc1nc(Oc2ccc(N)cc2)ccc1Br. The van der Waals surface area contributed by atoms with Gasteiger partial charge in [0.05, 0.1) is 5.69 Å². The van der Waals surface area contributed by atoms with Gasteiger partial charge in [0.25, 0.3) is 0 Å². The first-order valence-electron chi connectivity index (χ1n) is 4.82.